The van der Waals surface area contributed by atoms with Crippen LogP contribution in [0.3, 0.4) is 0 Å². The van der Waals surface area contributed by atoms with Crippen molar-refractivity contribution in [3.63, 3.8) is 0 Å². The molecule has 2 nitrogen and oxygen atoms in total. The van der Waals surface area contributed by atoms with Crippen molar-refractivity contribution < 1.29 is 4.39 Å². The summed E-state index contributed by atoms with van der Waals surface area (Å²) in [6.45, 7) is 5.31. The summed E-state index contributed by atoms with van der Waals surface area (Å²) in [4.78, 5) is 8.97. The van der Waals surface area contributed by atoms with Gasteiger partial charge in [-0.3, -0.25) is 4.98 Å². The van der Waals surface area contributed by atoms with Gasteiger partial charge in [0, 0.05) is 12.6 Å². The monoisotopic (exact) mass is 284 g/mol. The van der Waals surface area contributed by atoms with E-state index in [1.807, 2.05) is 24.3 Å². The first-order valence-corrected chi connectivity index (χ1v) is 7.36. The molecule has 0 aliphatic rings. The maximum absolute atomic E-state index is 12.7. The Hall–Kier alpha value is -2.03. The number of aromatic nitrogens is 2. The second kappa shape index (κ2) is 7.67. The predicted molar refractivity (Wildman–Crippen MR) is 86.9 cm³/mol. The first-order valence-electron chi connectivity index (χ1n) is 7.36. The summed E-state index contributed by atoms with van der Waals surface area (Å²) in [5, 5.41) is 0. The fourth-order valence-electron chi connectivity index (χ4n) is 2.15. The number of alkyl halides is 1. The second-order valence-corrected chi connectivity index (χ2v) is 5.22. The molecule has 0 saturated carbocycles. The molecule has 1 aromatic carbocycles. The minimum absolute atomic E-state index is 0.625. The zero-order chi connectivity index (χ0) is 15.1. The molecule has 0 N–H and O–H groups in total. The van der Waals surface area contributed by atoms with E-state index >= 15 is 0 Å². The fraction of sp³-hybridized carbons (Fsp3) is 0.333. The van der Waals surface area contributed by atoms with Crippen LogP contribution in [-0.2, 0) is 6.42 Å². The van der Waals surface area contributed by atoms with E-state index in [9.17, 15) is 4.39 Å². The van der Waals surface area contributed by atoms with Crippen LogP contribution in [0.2, 0.25) is 0 Å². The summed E-state index contributed by atoms with van der Waals surface area (Å²) in [7, 11) is 0. The normalized spacial score (nSPS) is 12.9. The van der Waals surface area contributed by atoms with Crippen LogP contribution in [0.4, 0.5) is 4.39 Å². The SMILES string of the molecule is C=CCc1cnc2cc(/C=C/CCCC(C)F)ccc2n1. The summed E-state index contributed by atoms with van der Waals surface area (Å²) in [5.74, 6) is 0. The molecule has 2 aromatic rings. The van der Waals surface area contributed by atoms with Gasteiger partial charge in [0.05, 0.1) is 22.9 Å². The molecule has 1 aromatic heterocycles. The van der Waals surface area contributed by atoms with Crippen LogP contribution in [0.1, 0.15) is 37.4 Å². The summed E-state index contributed by atoms with van der Waals surface area (Å²) >= 11 is 0. The van der Waals surface area contributed by atoms with Crippen LogP contribution in [0.5, 0.6) is 0 Å². The molecular weight excluding hydrogens is 263 g/mol. The van der Waals surface area contributed by atoms with Gasteiger partial charge in [0.15, 0.2) is 0 Å². The lowest BCUT2D eigenvalue weighted by atomic mass is 10.1. The minimum Gasteiger partial charge on any atom is -0.253 e. The Morgan fingerprint density at radius 2 is 2.19 bits per heavy atom. The van der Waals surface area contributed by atoms with Crippen LogP contribution in [0.25, 0.3) is 17.1 Å². The van der Waals surface area contributed by atoms with E-state index in [1.165, 1.54) is 0 Å². The van der Waals surface area contributed by atoms with Crippen LogP contribution >= 0.6 is 0 Å². The van der Waals surface area contributed by atoms with Crippen molar-refractivity contribution in [3.05, 3.63) is 54.4 Å². The van der Waals surface area contributed by atoms with E-state index in [-0.39, 0.29) is 0 Å². The number of halogens is 1. The highest BCUT2D eigenvalue weighted by atomic mass is 19.1. The number of benzene rings is 1. The largest absolute Gasteiger partial charge is 0.253 e. The Kier molecular flexibility index (Phi) is 5.61. The lowest BCUT2D eigenvalue weighted by molar-refractivity contribution is 0.335. The van der Waals surface area contributed by atoms with E-state index < -0.39 is 6.17 Å². The van der Waals surface area contributed by atoms with Gasteiger partial charge in [-0.2, -0.15) is 0 Å². The number of hydrogen-bond acceptors (Lipinski definition) is 2. The zero-order valence-corrected chi connectivity index (χ0v) is 12.4. The first kappa shape index (κ1) is 15.4. The third-order valence-corrected chi connectivity index (χ3v) is 3.25. The molecule has 0 saturated heterocycles. The molecule has 0 radical (unpaired) electrons. The van der Waals surface area contributed by atoms with E-state index in [0.717, 1.165) is 41.6 Å². The molecule has 0 spiro atoms. The minimum atomic E-state index is -0.709. The molecule has 0 aliphatic carbocycles. The average Bonchev–Trinajstić information content (AvgIpc) is 2.47. The van der Waals surface area contributed by atoms with Crippen LogP contribution in [0.15, 0.2) is 43.1 Å². The third kappa shape index (κ3) is 4.78. The number of hydrogen-bond donors (Lipinski definition) is 0. The maximum Gasteiger partial charge on any atom is 0.0973 e. The lowest BCUT2D eigenvalue weighted by Crippen LogP contribution is -1.91. The smallest absolute Gasteiger partial charge is 0.0973 e. The van der Waals surface area contributed by atoms with Gasteiger partial charge in [-0.1, -0.05) is 24.3 Å². The van der Waals surface area contributed by atoms with Crippen LogP contribution in [-0.4, -0.2) is 16.1 Å². The van der Waals surface area contributed by atoms with Crippen molar-refractivity contribution >= 4 is 17.1 Å². The molecule has 3 heteroatoms. The van der Waals surface area contributed by atoms with Gasteiger partial charge in [0.2, 0.25) is 0 Å². The third-order valence-electron chi connectivity index (χ3n) is 3.25. The number of rotatable bonds is 7. The first-order chi connectivity index (χ1) is 10.2. The number of unbranched alkanes of at least 4 members (excludes halogenated alkanes) is 1. The molecule has 1 atom stereocenters. The summed E-state index contributed by atoms with van der Waals surface area (Å²) in [6.07, 6.45) is 10.2. The highest BCUT2D eigenvalue weighted by Crippen LogP contribution is 2.14. The van der Waals surface area contributed by atoms with Gasteiger partial charge < -0.3 is 0 Å². The molecule has 2 rings (SSSR count). The Bertz CT molecular complexity index is 632. The molecule has 1 heterocycles. The van der Waals surface area contributed by atoms with Gasteiger partial charge in [0.1, 0.15) is 0 Å². The Balaban J connectivity index is 2.03. The van der Waals surface area contributed by atoms with E-state index in [1.54, 1.807) is 13.1 Å². The van der Waals surface area contributed by atoms with Crippen LogP contribution in [0, 0.1) is 0 Å². The quantitative estimate of drug-likeness (QED) is 0.534. The number of nitrogens with zero attached hydrogens (tertiary/aromatic N) is 2. The van der Waals surface area contributed by atoms with Gasteiger partial charge in [0.25, 0.3) is 0 Å². The standard InChI is InChI=1S/C18H21FN2/c1-3-7-16-13-20-18-12-15(10-11-17(18)21-16)9-6-4-5-8-14(2)19/h3,6,9-14H,1,4-5,7-8H2,2H3/b9-6+. The predicted octanol–water partition coefficient (Wildman–Crippen LogP) is 4.90. The topological polar surface area (TPSA) is 25.8 Å². The van der Waals surface area contributed by atoms with Gasteiger partial charge >= 0.3 is 0 Å². The zero-order valence-electron chi connectivity index (χ0n) is 12.4. The Morgan fingerprint density at radius 1 is 1.33 bits per heavy atom. The van der Waals surface area contributed by atoms with Gasteiger partial charge in [-0.25, -0.2) is 9.37 Å². The Labute approximate surface area is 125 Å². The molecule has 0 amide bonds. The van der Waals surface area contributed by atoms with Gasteiger partial charge in [-0.15, -0.1) is 6.58 Å². The van der Waals surface area contributed by atoms with Crippen LogP contribution < -0.4 is 0 Å². The highest BCUT2D eigenvalue weighted by molar-refractivity contribution is 5.77. The van der Waals surface area contributed by atoms with E-state index in [0.29, 0.717) is 6.42 Å². The molecule has 21 heavy (non-hydrogen) atoms. The number of fused-ring (bicyclic) bond motifs is 1. The van der Waals surface area contributed by atoms with Gasteiger partial charge in [-0.05, 0) is 43.9 Å². The summed E-state index contributed by atoms with van der Waals surface area (Å²) in [5.41, 5.74) is 3.82. The average molecular weight is 284 g/mol. The molecular formula is C18H21FN2. The van der Waals surface area contributed by atoms with Crippen molar-refractivity contribution in [2.24, 2.45) is 0 Å². The lowest BCUT2D eigenvalue weighted by Gasteiger charge is -2.01. The second-order valence-electron chi connectivity index (χ2n) is 5.22. The van der Waals surface area contributed by atoms with Crippen molar-refractivity contribution in [2.75, 3.05) is 0 Å². The van der Waals surface area contributed by atoms with E-state index in [2.05, 4.69) is 28.7 Å². The molecule has 0 fully saturated rings. The summed E-state index contributed by atoms with van der Waals surface area (Å²) < 4.78 is 12.7. The number of allylic oxidation sites excluding steroid dienone is 2. The Morgan fingerprint density at radius 3 is 2.95 bits per heavy atom. The maximum atomic E-state index is 12.7. The van der Waals surface area contributed by atoms with Crippen molar-refractivity contribution in [1.29, 1.82) is 0 Å². The summed E-state index contributed by atoms with van der Waals surface area (Å²) in [6, 6.07) is 6.04. The van der Waals surface area contributed by atoms with Crippen molar-refractivity contribution in [2.45, 2.75) is 38.8 Å². The molecule has 0 aliphatic heterocycles. The fourth-order valence-corrected chi connectivity index (χ4v) is 2.15. The van der Waals surface area contributed by atoms with Crippen molar-refractivity contribution in [1.82, 2.24) is 9.97 Å². The van der Waals surface area contributed by atoms with Crippen molar-refractivity contribution in [3.8, 4) is 0 Å². The molecule has 1 unspecified atom stereocenters. The molecule has 0 bridgehead atoms. The highest BCUT2D eigenvalue weighted by Gasteiger charge is 2.00. The van der Waals surface area contributed by atoms with E-state index in [4.69, 9.17) is 0 Å². The molecule has 110 valence electrons.